The molecule has 0 spiro atoms. The summed E-state index contributed by atoms with van der Waals surface area (Å²) in [6.07, 6.45) is 1.84. The average Bonchev–Trinajstić information content (AvgIpc) is 3.60. The van der Waals surface area contributed by atoms with Crippen molar-refractivity contribution in [3.63, 3.8) is 0 Å². The number of hydrogen-bond donors (Lipinski definition) is 1. The Balaban J connectivity index is 1.61. The van der Waals surface area contributed by atoms with E-state index in [9.17, 15) is 14.7 Å². The number of fused-ring (bicyclic) bond motifs is 2. The van der Waals surface area contributed by atoms with Crippen LogP contribution in [0.3, 0.4) is 0 Å². The van der Waals surface area contributed by atoms with E-state index in [0.717, 1.165) is 15.8 Å². The molecule has 1 amide bonds. The highest BCUT2D eigenvalue weighted by Gasteiger charge is 2.49. The number of ether oxygens (including phenoxy) is 2. The number of aryl methyl sites for hydroxylation is 3. The first-order valence-electron chi connectivity index (χ1n) is 12.6. The fraction of sp³-hybridized carbons (Fsp3) is 0.200. The van der Waals surface area contributed by atoms with Crippen LogP contribution in [0, 0.1) is 20.8 Å². The first kappa shape index (κ1) is 25.6. The molecule has 1 atom stereocenters. The molecule has 1 saturated heterocycles. The maximum absolute atomic E-state index is 13.7. The predicted molar refractivity (Wildman–Crippen MR) is 153 cm³/mol. The molecule has 1 unspecified atom stereocenters. The zero-order valence-electron chi connectivity index (χ0n) is 22.6. The first-order chi connectivity index (χ1) is 19.2. The van der Waals surface area contributed by atoms with Gasteiger partial charge < -0.3 is 19.0 Å². The van der Waals surface area contributed by atoms with Crippen LogP contribution in [0.25, 0.3) is 21.6 Å². The van der Waals surface area contributed by atoms with E-state index in [1.165, 1.54) is 30.5 Å². The van der Waals surface area contributed by atoms with Crippen molar-refractivity contribution >= 4 is 49.8 Å². The molecule has 40 heavy (non-hydrogen) atoms. The second-order valence-electron chi connectivity index (χ2n) is 9.68. The molecule has 3 aromatic heterocycles. The summed E-state index contributed by atoms with van der Waals surface area (Å²) in [5.74, 6) is -1.04. The summed E-state index contributed by atoms with van der Waals surface area (Å²) in [6.45, 7) is 5.71. The lowest BCUT2D eigenvalue weighted by Crippen LogP contribution is -2.29. The number of hydrogen-bond acceptors (Lipinski definition) is 8. The molecule has 1 N–H and O–H groups in total. The van der Waals surface area contributed by atoms with Gasteiger partial charge in [0, 0.05) is 6.20 Å². The molecule has 2 aromatic carbocycles. The predicted octanol–water partition coefficient (Wildman–Crippen LogP) is 5.51. The molecule has 1 aliphatic rings. The van der Waals surface area contributed by atoms with Gasteiger partial charge >= 0.3 is 5.91 Å². The summed E-state index contributed by atoms with van der Waals surface area (Å²) in [6, 6.07) is 13.8. The number of amides is 1. The molecular weight excluding hydrogens is 528 g/mol. The number of benzene rings is 2. The number of rotatable bonds is 5. The minimum absolute atomic E-state index is 0.0724. The van der Waals surface area contributed by atoms with Crippen LogP contribution in [0.2, 0.25) is 0 Å². The topological polar surface area (TPSA) is 106 Å². The van der Waals surface area contributed by atoms with Crippen LogP contribution < -0.4 is 14.4 Å². The van der Waals surface area contributed by atoms with E-state index in [4.69, 9.17) is 14.5 Å². The van der Waals surface area contributed by atoms with E-state index in [1.807, 2.05) is 61.7 Å². The van der Waals surface area contributed by atoms with Crippen molar-refractivity contribution in [2.75, 3.05) is 19.1 Å². The summed E-state index contributed by atoms with van der Waals surface area (Å²) in [4.78, 5) is 38.1. The van der Waals surface area contributed by atoms with Gasteiger partial charge in [-0.05, 0) is 67.8 Å². The largest absolute Gasteiger partial charge is 0.505 e. The molecule has 1 aliphatic heterocycles. The second kappa shape index (κ2) is 9.49. The van der Waals surface area contributed by atoms with Gasteiger partial charge in [-0.3, -0.25) is 14.5 Å². The van der Waals surface area contributed by atoms with Gasteiger partial charge in [-0.25, -0.2) is 9.97 Å². The molecule has 6 rings (SSSR count). The number of carbonyl (C=O) groups is 2. The summed E-state index contributed by atoms with van der Waals surface area (Å²) < 4.78 is 13.7. The molecule has 202 valence electrons. The van der Waals surface area contributed by atoms with Gasteiger partial charge in [-0.15, -0.1) is 0 Å². The maximum atomic E-state index is 13.7. The molecule has 0 aliphatic carbocycles. The van der Waals surface area contributed by atoms with E-state index in [-0.39, 0.29) is 17.0 Å². The lowest BCUT2D eigenvalue weighted by atomic mass is 9.96. The number of carbonyl (C=O) groups excluding carboxylic acids is 2. The Morgan fingerprint density at radius 1 is 0.975 bits per heavy atom. The Kier molecular flexibility index (Phi) is 6.07. The highest BCUT2D eigenvalue weighted by atomic mass is 32.1. The minimum Gasteiger partial charge on any atom is -0.505 e. The third-order valence-electron chi connectivity index (χ3n) is 7.21. The maximum Gasteiger partial charge on any atom is 0.301 e. The van der Waals surface area contributed by atoms with Crippen LogP contribution in [0.1, 0.15) is 34.1 Å². The Labute approximate surface area is 233 Å². The Morgan fingerprint density at radius 2 is 1.75 bits per heavy atom. The van der Waals surface area contributed by atoms with Gasteiger partial charge in [0.05, 0.1) is 41.7 Å². The quantitative estimate of drug-likeness (QED) is 0.173. The normalized spacial score (nSPS) is 16.8. The number of Topliss-reactive ketones (excluding diaryl/α,β-unsaturated/α-hetero) is 1. The van der Waals surface area contributed by atoms with Gasteiger partial charge in [0.25, 0.3) is 5.78 Å². The molecule has 5 aromatic rings. The standard InChI is InChI=1S/C30H26N4O5S/c1-15-8-10-19-22(13-15)40-30(31-19)34-25(18-9-11-20(38-4)21(14-18)39-5)23(27(36)29(34)37)26(35)24-17(3)33-12-6-7-16(2)28(33)32-24/h6-14,25,35H,1-5H3. The fourth-order valence-electron chi connectivity index (χ4n) is 5.16. The monoisotopic (exact) mass is 554 g/mol. The van der Waals surface area contributed by atoms with Crippen LogP contribution in [-0.4, -0.2) is 45.4 Å². The second-order valence-corrected chi connectivity index (χ2v) is 10.7. The average molecular weight is 555 g/mol. The molecule has 1 fully saturated rings. The Bertz CT molecular complexity index is 1890. The van der Waals surface area contributed by atoms with E-state index in [2.05, 4.69) is 4.98 Å². The molecule has 0 saturated carbocycles. The number of nitrogens with zero attached hydrogens (tertiary/aromatic N) is 4. The number of pyridine rings is 1. The zero-order valence-corrected chi connectivity index (χ0v) is 23.4. The third-order valence-corrected chi connectivity index (χ3v) is 8.23. The number of thiazole rings is 1. The van der Waals surface area contributed by atoms with Gasteiger partial charge in [-0.2, -0.15) is 0 Å². The third kappa shape index (κ3) is 3.83. The van der Waals surface area contributed by atoms with Crippen molar-refractivity contribution in [3.05, 3.63) is 88.4 Å². The number of imidazole rings is 1. The summed E-state index contributed by atoms with van der Waals surface area (Å²) in [5.41, 5.74) is 4.68. The number of aliphatic hydroxyl groups excluding tert-OH is 1. The summed E-state index contributed by atoms with van der Waals surface area (Å²) in [7, 11) is 3.04. The van der Waals surface area contributed by atoms with Crippen molar-refractivity contribution in [1.29, 1.82) is 0 Å². The van der Waals surface area contributed by atoms with Crippen LogP contribution in [0.4, 0.5) is 5.13 Å². The number of methoxy groups -OCH3 is 2. The van der Waals surface area contributed by atoms with Crippen LogP contribution >= 0.6 is 11.3 Å². The van der Waals surface area contributed by atoms with Crippen LogP contribution in [0.15, 0.2) is 60.3 Å². The number of aromatic nitrogens is 3. The molecule has 0 radical (unpaired) electrons. The zero-order chi connectivity index (χ0) is 28.3. The number of ketones is 1. The fourth-order valence-corrected chi connectivity index (χ4v) is 6.26. The highest BCUT2D eigenvalue weighted by molar-refractivity contribution is 7.22. The lowest BCUT2D eigenvalue weighted by molar-refractivity contribution is -0.132. The molecule has 4 heterocycles. The van der Waals surface area contributed by atoms with Gasteiger partial charge in [-0.1, -0.05) is 29.5 Å². The van der Waals surface area contributed by atoms with Crippen molar-refractivity contribution in [3.8, 4) is 11.5 Å². The van der Waals surface area contributed by atoms with Gasteiger partial charge in [0.2, 0.25) is 0 Å². The molecular formula is C30H26N4O5S. The first-order valence-corrected chi connectivity index (χ1v) is 13.4. The van der Waals surface area contributed by atoms with Gasteiger partial charge in [0.15, 0.2) is 22.4 Å². The molecule has 0 bridgehead atoms. The van der Waals surface area contributed by atoms with Crippen LogP contribution in [0.5, 0.6) is 11.5 Å². The van der Waals surface area contributed by atoms with E-state index >= 15 is 0 Å². The SMILES string of the molecule is COc1ccc(C2C(=C(O)c3nc4c(C)cccn4c3C)C(=O)C(=O)N2c2nc3ccc(C)cc3s2)cc1OC. The van der Waals surface area contributed by atoms with Crippen molar-refractivity contribution in [2.45, 2.75) is 26.8 Å². The van der Waals surface area contributed by atoms with Crippen LogP contribution in [-0.2, 0) is 9.59 Å². The smallest absolute Gasteiger partial charge is 0.301 e. The summed E-state index contributed by atoms with van der Waals surface area (Å²) in [5, 5.41) is 12.1. The molecule has 10 heteroatoms. The number of aliphatic hydroxyl groups is 1. The van der Waals surface area contributed by atoms with E-state index in [1.54, 1.807) is 18.2 Å². The highest BCUT2D eigenvalue weighted by Crippen LogP contribution is 2.46. The Morgan fingerprint density at radius 3 is 2.48 bits per heavy atom. The van der Waals surface area contributed by atoms with Crippen molar-refractivity contribution < 1.29 is 24.2 Å². The Hall–Kier alpha value is -4.70. The van der Waals surface area contributed by atoms with Crippen molar-refractivity contribution in [2.24, 2.45) is 0 Å². The van der Waals surface area contributed by atoms with E-state index in [0.29, 0.717) is 39.1 Å². The minimum atomic E-state index is -0.980. The summed E-state index contributed by atoms with van der Waals surface area (Å²) >= 11 is 1.31. The van der Waals surface area contributed by atoms with E-state index < -0.39 is 17.7 Å². The van der Waals surface area contributed by atoms with Gasteiger partial charge in [0.1, 0.15) is 11.3 Å². The lowest BCUT2D eigenvalue weighted by Gasteiger charge is -2.23. The molecule has 9 nitrogen and oxygen atoms in total. The van der Waals surface area contributed by atoms with Crippen molar-refractivity contribution in [1.82, 2.24) is 14.4 Å². The number of anilines is 1.